The third-order valence-corrected chi connectivity index (χ3v) is 7.37. The summed E-state index contributed by atoms with van der Waals surface area (Å²) in [5.74, 6) is 2.05. The number of ether oxygens (including phenoxy) is 2. The van der Waals surface area contributed by atoms with Gasteiger partial charge < -0.3 is 41.8 Å². The molecular formula is C36H43ClN8O8S. The van der Waals surface area contributed by atoms with Crippen LogP contribution in [0.3, 0.4) is 0 Å². The second-order valence-electron chi connectivity index (χ2n) is 11.1. The summed E-state index contributed by atoms with van der Waals surface area (Å²) in [7, 11) is -1.47. The number of nitrogens with one attached hydrogen (secondary N) is 5. The maximum Gasteiger partial charge on any atom is 0.394 e. The maximum atomic E-state index is 12.1. The number of rotatable bonds is 9. The summed E-state index contributed by atoms with van der Waals surface area (Å²) in [5, 5.41) is 15.5. The van der Waals surface area contributed by atoms with E-state index in [1.807, 2.05) is 48.5 Å². The third kappa shape index (κ3) is 17.1. The molecule has 0 spiro atoms. The Labute approximate surface area is 318 Å². The molecule has 16 nitrogen and oxygen atoms in total. The first-order chi connectivity index (χ1) is 25.8. The minimum Gasteiger partial charge on any atom is -0.497 e. The fraction of sp³-hybridized carbons (Fsp3) is 0.222. The van der Waals surface area contributed by atoms with E-state index in [1.54, 1.807) is 62.8 Å². The number of hydrogen-bond acceptors (Lipinski definition) is 12. The Bertz CT molecular complexity index is 1940. The molecule has 6 rings (SSSR count). The molecule has 4 aromatic rings. The van der Waals surface area contributed by atoms with E-state index in [0.717, 1.165) is 60.5 Å². The number of nitrogens with two attached hydrogens (primary N) is 1. The summed E-state index contributed by atoms with van der Waals surface area (Å²) >= 11 is 5.35. The van der Waals surface area contributed by atoms with Gasteiger partial charge in [-0.15, -0.1) is 0 Å². The number of amides is 2. The number of carbonyl (C=O) groups is 2. The molecule has 0 saturated heterocycles. The quantitative estimate of drug-likeness (QED) is 0.0689. The van der Waals surface area contributed by atoms with Crippen molar-refractivity contribution in [1.82, 2.24) is 21.3 Å². The number of methoxy groups -OCH3 is 2. The largest absolute Gasteiger partial charge is 0.497 e. The lowest BCUT2D eigenvalue weighted by molar-refractivity contribution is 0.0943. The van der Waals surface area contributed by atoms with E-state index in [-0.39, 0.29) is 11.8 Å². The molecule has 288 valence electrons. The maximum absolute atomic E-state index is 12.1. The minimum absolute atomic E-state index is 0.107. The first-order valence-corrected chi connectivity index (χ1v) is 18.1. The highest BCUT2D eigenvalue weighted by atomic mass is 35.5. The molecule has 0 atom stereocenters. The lowest BCUT2D eigenvalue weighted by atomic mass is 10.1. The van der Waals surface area contributed by atoms with E-state index in [0.29, 0.717) is 35.2 Å². The van der Waals surface area contributed by atoms with Gasteiger partial charge in [0, 0.05) is 48.7 Å². The summed E-state index contributed by atoms with van der Waals surface area (Å²) in [5.41, 5.74) is 10.5. The lowest BCUT2D eigenvalue weighted by Crippen LogP contribution is -2.26. The van der Waals surface area contributed by atoms with Crippen LogP contribution in [0.2, 0.25) is 0 Å². The Morgan fingerprint density at radius 2 is 1.15 bits per heavy atom. The van der Waals surface area contributed by atoms with Crippen molar-refractivity contribution < 1.29 is 36.6 Å². The van der Waals surface area contributed by atoms with E-state index in [2.05, 4.69) is 36.6 Å². The monoisotopic (exact) mass is 782 g/mol. The van der Waals surface area contributed by atoms with Crippen LogP contribution >= 0.6 is 11.6 Å². The number of anilines is 2. The molecule has 0 aliphatic carbocycles. The molecule has 9 N–H and O–H groups in total. The number of guanidine groups is 1. The Kier molecular flexibility index (Phi) is 17.5. The fourth-order valence-corrected chi connectivity index (χ4v) is 4.56. The predicted molar refractivity (Wildman–Crippen MR) is 210 cm³/mol. The highest BCUT2D eigenvalue weighted by molar-refractivity contribution is 7.79. The molecule has 4 aromatic carbocycles. The Hall–Kier alpha value is -5.88. The number of halogens is 1. The summed E-state index contributed by atoms with van der Waals surface area (Å²) in [6.45, 7) is 4.36. The highest BCUT2D eigenvalue weighted by Gasteiger charge is 2.08. The van der Waals surface area contributed by atoms with Gasteiger partial charge in [0.15, 0.2) is 11.3 Å². The van der Waals surface area contributed by atoms with E-state index in [9.17, 15) is 9.59 Å². The zero-order valence-corrected chi connectivity index (χ0v) is 31.2. The average molecular weight is 783 g/mol. The van der Waals surface area contributed by atoms with Gasteiger partial charge in [-0.3, -0.25) is 28.7 Å². The Balaban J connectivity index is 0.000000230. The topological polar surface area (TPSA) is 238 Å². The third-order valence-electron chi connectivity index (χ3n) is 7.11. The van der Waals surface area contributed by atoms with Crippen molar-refractivity contribution in [2.45, 2.75) is 13.1 Å². The number of benzene rings is 4. The van der Waals surface area contributed by atoms with Crippen molar-refractivity contribution in [3.8, 4) is 11.5 Å². The van der Waals surface area contributed by atoms with Crippen molar-refractivity contribution in [3.63, 3.8) is 0 Å². The molecule has 2 heterocycles. The second-order valence-corrected chi connectivity index (χ2v) is 12.3. The standard InChI is InChI=1S/C18H20N4O2.C15H16N2O2.C3H5ClN2.H2O4S/c1-24-16-8-4-14(5-9-16)17(23)21-12-13-2-6-15(7-3-13)22-18-19-10-11-20-18;1-19-14-8-4-12(5-9-14)15(18)17-10-11-2-6-13(16)7-3-11;4-3-5-1-2-6-3;1-5(2,3)4/h2-9H,10-12H2,1H3,(H,21,23)(H2,19,20,22);2-9H,10,16H2,1H3,(H,17,18);1-2H2,(H,5,6);(H2,1,2,3,4). The number of nitrogen functional groups attached to an aromatic ring is 1. The van der Waals surface area contributed by atoms with Crippen LogP contribution < -0.4 is 41.8 Å². The molecule has 18 heteroatoms. The van der Waals surface area contributed by atoms with E-state index in [1.165, 1.54) is 0 Å². The lowest BCUT2D eigenvalue weighted by Gasteiger charge is -2.09. The highest BCUT2D eigenvalue weighted by Crippen LogP contribution is 2.14. The molecular weight excluding hydrogens is 740 g/mol. The molecule has 54 heavy (non-hydrogen) atoms. The number of amidine groups is 1. The van der Waals surface area contributed by atoms with Crippen LogP contribution in [-0.4, -0.2) is 81.0 Å². The number of aliphatic imine (C=N–C) groups is 2. The van der Waals surface area contributed by atoms with E-state index >= 15 is 0 Å². The van der Waals surface area contributed by atoms with Gasteiger partial charge in [-0.2, -0.15) is 8.42 Å². The minimum atomic E-state index is -4.67. The first-order valence-electron chi connectivity index (χ1n) is 16.3. The van der Waals surface area contributed by atoms with Crippen LogP contribution in [0.25, 0.3) is 0 Å². The molecule has 0 bridgehead atoms. The molecule has 2 aliphatic rings. The van der Waals surface area contributed by atoms with Crippen molar-refractivity contribution in [2.24, 2.45) is 9.98 Å². The van der Waals surface area contributed by atoms with Crippen LogP contribution in [0.1, 0.15) is 31.8 Å². The van der Waals surface area contributed by atoms with Gasteiger partial charge in [-0.25, -0.2) is 0 Å². The number of carbonyl (C=O) groups excluding carboxylic acids is 2. The van der Waals surface area contributed by atoms with Crippen molar-refractivity contribution >= 4 is 56.4 Å². The molecule has 0 unspecified atom stereocenters. The smallest absolute Gasteiger partial charge is 0.394 e. The van der Waals surface area contributed by atoms with Gasteiger partial charge in [0.25, 0.3) is 11.8 Å². The summed E-state index contributed by atoms with van der Waals surface area (Å²) in [6.07, 6.45) is 0. The number of hydrogen-bond donors (Lipinski definition) is 8. The van der Waals surface area contributed by atoms with Crippen LogP contribution in [0.15, 0.2) is 107 Å². The normalized spacial score (nSPS) is 12.5. The van der Waals surface area contributed by atoms with E-state index < -0.39 is 10.4 Å². The van der Waals surface area contributed by atoms with Crippen molar-refractivity contribution in [2.75, 3.05) is 51.4 Å². The first kappa shape index (κ1) is 42.5. The van der Waals surface area contributed by atoms with E-state index in [4.69, 9.17) is 44.3 Å². The summed E-state index contributed by atoms with van der Waals surface area (Å²) < 4.78 is 41.7. The molecule has 2 amide bonds. The Morgan fingerprint density at radius 1 is 0.722 bits per heavy atom. The van der Waals surface area contributed by atoms with Crippen LogP contribution in [-0.2, 0) is 23.5 Å². The van der Waals surface area contributed by atoms with Crippen LogP contribution in [0, 0.1) is 0 Å². The zero-order valence-electron chi connectivity index (χ0n) is 29.6. The Morgan fingerprint density at radius 3 is 1.50 bits per heavy atom. The molecule has 0 radical (unpaired) electrons. The summed E-state index contributed by atoms with van der Waals surface area (Å²) in [4.78, 5) is 32.1. The van der Waals surface area contributed by atoms with Gasteiger partial charge in [0.05, 0.1) is 27.3 Å². The van der Waals surface area contributed by atoms with Gasteiger partial charge in [-0.05, 0) is 95.5 Å². The molecule has 2 aliphatic heterocycles. The molecule has 0 fully saturated rings. The SMILES string of the molecule is COc1ccc(C(=O)NCc2ccc(N)cc2)cc1.COc1ccc(C(=O)NCc2ccc(NC3=NCCN3)cc2)cc1.ClC1=NCCN1.O=S(=O)(O)O. The van der Waals surface area contributed by atoms with Crippen molar-refractivity contribution in [3.05, 3.63) is 119 Å². The van der Waals surface area contributed by atoms with Gasteiger partial charge in [0.1, 0.15) is 11.5 Å². The zero-order chi connectivity index (χ0) is 39.3. The number of nitrogens with zero attached hydrogens (tertiary/aromatic N) is 2. The van der Waals surface area contributed by atoms with Crippen molar-refractivity contribution in [1.29, 1.82) is 0 Å². The molecule has 0 saturated carbocycles. The van der Waals surface area contributed by atoms with Gasteiger partial charge in [0.2, 0.25) is 0 Å². The van der Waals surface area contributed by atoms with Gasteiger partial charge >= 0.3 is 10.4 Å². The molecule has 0 aromatic heterocycles. The average Bonchev–Trinajstić information content (AvgIpc) is 3.88. The summed E-state index contributed by atoms with van der Waals surface area (Å²) in [6, 6.07) is 29.3. The van der Waals surface area contributed by atoms with Crippen LogP contribution in [0.5, 0.6) is 11.5 Å². The van der Waals surface area contributed by atoms with Crippen LogP contribution in [0.4, 0.5) is 11.4 Å². The second kappa shape index (κ2) is 22.2. The van der Waals surface area contributed by atoms with Gasteiger partial charge in [-0.1, -0.05) is 24.3 Å². The predicted octanol–water partition coefficient (Wildman–Crippen LogP) is 3.74. The fourth-order valence-electron chi connectivity index (χ4n) is 4.38.